The van der Waals surface area contributed by atoms with Crippen LogP contribution < -0.4 is 0 Å². The Labute approximate surface area is 82.1 Å². The fourth-order valence-corrected chi connectivity index (χ4v) is 0.921. The molecule has 0 rings (SSSR count). The Hall–Kier alpha value is -0.310. The van der Waals surface area contributed by atoms with Gasteiger partial charge in [-0.3, -0.25) is 4.79 Å². The minimum absolute atomic E-state index is 0.145. The van der Waals surface area contributed by atoms with Crippen molar-refractivity contribution in [1.29, 1.82) is 0 Å². The van der Waals surface area contributed by atoms with E-state index < -0.39 is 0 Å². The summed E-state index contributed by atoms with van der Waals surface area (Å²) in [5.74, 6) is -0.145. The maximum absolute atomic E-state index is 11.1. The Morgan fingerprint density at radius 1 is 1.50 bits per heavy atom. The molecule has 70 valence electrons. The number of carbonyl (C=O) groups is 1. The van der Waals surface area contributed by atoms with Gasteiger partial charge in [0.1, 0.15) is 5.60 Å². The molecule has 12 heavy (non-hydrogen) atoms. The van der Waals surface area contributed by atoms with E-state index in [2.05, 4.69) is 15.9 Å². The van der Waals surface area contributed by atoms with E-state index in [1.165, 1.54) is 0 Å². The fourth-order valence-electron chi connectivity index (χ4n) is 0.657. The van der Waals surface area contributed by atoms with Gasteiger partial charge in [0.2, 0.25) is 0 Å². The summed E-state index contributed by atoms with van der Waals surface area (Å²) < 4.78 is 5.10. The van der Waals surface area contributed by atoms with Crippen molar-refractivity contribution in [2.75, 3.05) is 0 Å². The van der Waals surface area contributed by atoms with Gasteiger partial charge in [0, 0.05) is 6.42 Å². The topological polar surface area (TPSA) is 26.3 Å². The second-order valence-electron chi connectivity index (χ2n) is 3.49. The summed E-state index contributed by atoms with van der Waals surface area (Å²) in [4.78, 5) is 12.8. The molecule has 0 radical (unpaired) electrons. The third-order valence-electron chi connectivity index (χ3n) is 1.02. The smallest absolute Gasteiger partial charge is 0.306 e. The molecule has 2 nitrogen and oxygen atoms in total. The maximum atomic E-state index is 11.1. The Morgan fingerprint density at radius 2 is 2.08 bits per heavy atom. The quantitative estimate of drug-likeness (QED) is 0.703. The van der Waals surface area contributed by atoms with Crippen LogP contribution in [-0.2, 0) is 9.53 Å². The van der Waals surface area contributed by atoms with Crippen LogP contribution in [0.3, 0.4) is 0 Å². The van der Waals surface area contributed by atoms with E-state index in [4.69, 9.17) is 4.74 Å². The van der Waals surface area contributed by atoms with E-state index in [9.17, 15) is 4.79 Å². The summed E-state index contributed by atoms with van der Waals surface area (Å²) >= 11 is 3.13. The van der Waals surface area contributed by atoms with Gasteiger partial charge in [0.15, 0.2) is 0 Å². The molecule has 0 aliphatic carbocycles. The second kappa shape index (κ2) is 5.36. The number of hydrogen-bond acceptors (Lipinski definition) is 2. The monoisotopic (exact) mass is 234 g/mol. The Morgan fingerprint density at radius 3 is 2.50 bits per heavy atom. The fraction of sp³-hybridized carbons (Fsp3) is 0.667. The molecule has 0 heterocycles. The van der Waals surface area contributed by atoms with Crippen LogP contribution in [0.1, 0.15) is 33.6 Å². The van der Waals surface area contributed by atoms with Crippen molar-refractivity contribution in [1.82, 2.24) is 0 Å². The summed E-state index contributed by atoms with van der Waals surface area (Å²) in [6, 6.07) is 0. The zero-order valence-electron chi connectivity index (χ0n) is 7.76. The Kier molecular flexibility index (Phi) is 5.22. The van der Waals surface area contributed by atoms with Crippen molar-refractivity contribution < 1.29 is 9.53 Å². The van der Waals surface area contributed by atoms with Crippen molar-refractivity contribution in [2.45, 2.75) is 39.2 Å². The number of hydrogen-bond donors (Lipinski definition) is 0. The number of ether oxygens (including phenoxy) is 1. The summed E-state index contributed by atoms with van der Waals surface area (Å²) in [5.41, 5.74) is -0.366. The number of halogens is 1. The van der Waals surface area contributed by atoms with Gasteiger partial charge in [-0.05, 0) is 32.2 Å². The molecule has 0 fully saturated rings. The second-order valence-corrected chi connectivity index (χ2v) is 4.02. The molecule has 0 spiro atoms. The molecule has 3 heteroatoms. The van der Waals surface area contributed by atoms with Crippen molar-refractivity contribution in [2.24, 2.45) is 0 Å². The summed E-state index contributed by atoms with van der Waals surface area (Å²) in [5, 5.41) is 0. The van der Waals surface area contributed by atoms with Crippen LogP contribution in [0.25, 0.3) is 0 Å². The predicted octanol–water partition coefficient (Wildman–Crippen LogP) is 3.02. The van der Waals surface area contributed by atoms with Gasteiger partial charge in [-0.1, -0.05) is 22.0 Å². The van der Waals surface area contributed by atoms with Crippen LogP contribution in [0.5, 0.6) is 0 Å². The molecular weight excluding hydrogens is 220 g/mol. The zero-order chi connectivity index (χ0) is 9.61. The lowest BCUT2D eigenvalue weighted by Crippen LogP contribution is -2.23. The average Bonchev–Trinajstić information content (AvgIpc) is 1.84. The van der Waals surface area contributed by atoms with Gasteiger partial charge < -0.3 is 4.74 Å². The Bertz CT molecular complexity index is 168. The molecule has 0 saturated carbocycles. The molecule has 0 amide bonds. The van der Waals surface area contributed by atoms with Gasteiger partial charge in [-0.15, -0.1) is 0 Å². The molecule has 0 N–H and O–H groups in total. The van der Waals surface area contributed by atoms with Gasteiger partial charge in [0.25, 0.3) is 0 Å². The highest BCUT2D eigenvalue weighted by molar-refractivity contribution is 9.11. The number of esters is 1. The molecule has 0 atom stereocenters. The van der Waals surface area contributed by atoms with Gasteiger partial charge in [0.05, 0.1) is 0 Å². The minimum atomic E-state index is -0.366. The van der Waals surface area contributed by atoms with E-state index in [0.29, 0.717) is 6.42 Å². The molecule has 0 unspecified atom stereocenters. The molecule has 0 bridgehead atoms. The average molecular weight is 235 g/mol. The maximum Gasteiger partial charge on any atom is 0.306 e. The summed E-state index contributed by atoms with van der Waals surface area (Å²) in [7, 11) is 0. The molecule has 0 aromatic rings. The largest absolute Gasteiger partial charge is 0.460 e. The normalized spacial score (nSPS) is 12.0. The zero-order valence-corrected chi connectivity index (χ0v) is 9.35. The molecule has 0 aromatic heterocycles. The lowest BCUT2D eigenvalue weighted by molar-refractivity contribution is -0.154. The highest BCUT2D eigenvalue weighted by Crippen LogP contribution is 2.09. The highest BCUT2D eigenvalue weighted by atomic mass is 79.9. The minimum Gasteiger partial charge on any atom is -0.460 e. The van der Waals surface area contributed by atoms with Gasteiger partial charge >= 0.3 is 5.97 Å². The molecule has 0 saturated heterocycles. The van der Waals surface area contributed by atoms with Crippen LogP contribution in [0, 0.1) is 0 Å². The van der Waals surface area contributed by atoms with Crippen LogP contribution in [0.4, 0.5) is 0 Å². The van der Waals surface area contributed by atoms with Crippen molar-refractivity contribution in [3.05, 3.63) is 11.1 Å². The Balaban J connectivity index is 3.61. The molecule has 0 aliphatic heterocycles. The first-order valence-corrected chi connectivity index (χ1v) is 4.84. The van der Waals surface area contributed by atoms with Crippen LogP contribution in [-0.4, -0.2) is 11.6 Å². The SMILES string of the molecule is CC(C)(C)OC(=O)CC/C=C/Br. The first-order chi connectivity index (χ1) is 5.45. The van der Waals surface area contributed by atoms with Crippen LogP contribution in [0.2, 0.25) is 0 Å². The van der Waals surface area contributed by atoms with Crippen LogP contribution >= 0.6 is 15.9 Å². The number of rotatable bonds is 3. The van der Waals surface area contributed by atoms with E-state index in [1.807, 2.05) is 26.8 Å². The molecular formula is C9H15BrO2. The summed E-state index contributed by atoms with van der Waals surface area (Å²) in [6.07, 6.45) is 3.05. The number of allylic oxidation sites excluding steroid dienone is 1. The molecule has 0 aliphatic rings. The first-order valence-electron chi connectivity index (χ1n) is 3.93. The molecule has 0 aromatic carbocycles. The van der Waals surface area contributed by atoms with Crippen molar-refractivity contribution in [3.63, 3.8) is 0 Å². The lowest BCUT2D eigenvalue weighted by Gasteiger charge is -2.19. The van der Waals surface area contributed by atoms with E-state index in [-0.39, 0.29) is 11.6 Å². The number of carbonyl (C=O) groups excluding carboxylic acids is 1. The lowest BCUT2D eigenvalue weighted by atomic mass is 10.2. The first kappa shape index (κ1) is 11.7. The van der Waals surface area contributed by atoms with Crippen LogP contribution in [0.15, 0.2) is 11.1 Å². The summed E-state index contributed by atoms with van der Waals surface area (Å²) in [6.45, 7) is 5.60. The third-order valence-corrected chi connectivity index (χ3v) is 1.40. The van der Waals surface area contributed by atoms with E-state index >= 15 is 0 Å². The van der Waals surface area contributed by atoms with Crippen molar-refractivity contribution >= 4 is 21.9 Å². The third kappa shape index (κ3) is 7.79. The van der Waals surface area contributed by atoms with E-state index in [0.717, 1.165) is 6.42 Å². The standard InChI is InChI=1S/C9H15BrO2/c1-9(2,3)12-8(11)6-4-5-7-10/h5,7H,4,6H2,1-3H3/b7-5+. The highest BCUT2D eigenvalue weighted by Gasteiger charge is 2.14. The van der Waals surface area contributed by atoms with Gasteiger partial charge in [-0.25, -0.2) is 0 Å². The van der Waals surface area contributed by atoms with Gasteiger partial charge in [-0.2, -0.15) is 0 Å². The van der Waals surface area contributed by atoms with Crippen molar-refractivity contribution in [3.8, 4) is 0 Å². The van der Waals surface area contributed by atoms with E-state index in [1.54, 1.807) is 4.99 Å². The predicted molar refractivity (Wildman–Crippen MR) is 53.1 cm³/mol.